The summed E-state index contributed by atoms with van der Waals surface area (Å²) in [4.78, 5) is 2.37. The number of nitrogens with zero attached hydrogens (tertiary/aromatic N) is 2. The first-order chi connectivity index (χ1) is 9.34. The number of hydroxylamine groups is 2. The molecule has 20 heavy (non-hydrogen) atoms. The highest BCUT2D eigenvalue weighted by Gasteiger charge is 2.58. The van der Waals surface area contributed by atoms with Gasteiger partial charge in [0.25, 0.3) is 0 Å². The van der Waals surface area contributed by atoms with Gasteiger partial charge in [0, 0.05) is 6.04 Å². The summed E-state index contributed by atoms with van der Waals surface area (Å²) in [6, 6.07) is 0.309. The van der Waals surface area contributed by atoms with Crippen LogP contribution in [0.2, 0.25) is 0 Å². The van der Waals surface area contributed by atoms with Gasteiger partial charge < -0.3 is 0 Å². The van der Waals surface area contributed by atoms with E-state index < -0.39 is 0 Å². The normalized spacial score (nSPS) is 26.2. The van der Waals surface area contributed by atoms with Crippen LogP contribution in [0.15, 0.2) is 0 Å². The number of unbranched alkanes of at least 4 members (excludes halogenated alkanes) is 4. The Bertz CT molecular complexity index is 281. The third-order valence-electron chi connectivity index (χ3n) is 5.52. The number of hydrogen-bond donors (Lipinski definition) is 0. The van der Waals surface area contributed by atoms with Crippen molar-refractivity contribution in [3.8, 4) is 0 Å². The second kappa shape index (κ2) is 7.24. The largest absolute Gasteiger partial charge is 0.282 e. The van der Waals surface area contributed by atoms with E-state index in [9.17, 15) is 5.21 Å². The maximum atomic E-state index is 13.0. The van der Waals surface area contributed by atoms with Crippen molar-refractivity contribution >= 4 is 0 Å². The summed E-state index contributed by atoms with van der Waals surface area (Å²) >= 11 is 0. The molecule has 3 heteroatoms. The Labute approximate surface area is 126 Å². The van der Waals surface area contributed by atoms with Crippen molar-refractivity contribution in [1.29, 1.82) is 0 Å². The van der Waals surface area contributed by atoms with Crippen molar-refractivity contribution in [2.24, 2.45) is 0 Å². The predicted molar refractivity (Wildman–Crippen MR) is 84.8 cm³/mol. The lowest BCUT2D eigenvalue weighted by atomic mass is 9.93. The molecule has 1 unspecified atom stereocenters. The molecule has 1 fully saturated rings. The van der Waals surface area contributed by atoms with Gasteiger partial charge in [0.2, 0.25) is 0 Å². The topological polar surface area (TPSA) is 26.4 Å². The van der Waals surface area contributed by atoms with Gasteiger partial charge in [-0.2, -0.15) is 0 Å². The van der Waals surface area contributed by atoms with Gasteiger partial charge in [-0.25, -0.2) is 0 Å². The quantitative estimate of drug-likeness (QED) is 0.608. The number of hydrogen-bond acceptors (Lipinski definition) is 2. The van der Waals surface area contributed by atoms with Crippen molar-refractivity contribution in [3.05, 3.63) is 0 Å². The molecule has 1 aliphatic heterocycles. The smallest absolute Gasteiger partial charge is 0.102 e. The van der Waals surface area contributed by atoms with Crippen LogP contribution >= 0.6 is 0 Å². The van der Waals surface area contributed by atoms with Crippen molar-refractivity contribution < 1.29 is 5.21 Å². The fraction of sp³-hybridized carbons (Fsp3) is 1.00. The number of likely N-dealkylation sites (N-methyl/N-ethyl adjacent to an activating group) is 1. The molecule has 0 aliphatic carbocycles. The minimum Gasteiger partial charge on any atom is -0.282 e. The van der Waals surface area contributed by atoms with Crippen molar-refractivity contribution in [1.82, 2.24) is 9.96 Å². The van der Waals surface area contributed by atoms with Crippen LogP contribution < -0.4 is 0 Å². The lowest BCUT2D eigenvalue weighted by molar-refractivity contribution is -0.273. The first-order valence-corrected chi connectivity index (χ1v) is 8.55. The lowest BCUT2D eigenvalue weighted by Crippen LogP contribution is -2.53. The van der Waals surface area contributed by atoms with E-state index in [2.05, 4.69) is 46.6 Å². The predicted octanol–water partition coefficient (Wildman–Crippen LogP) is 4.60. The zero-order valence-electron chi connectivity index (χ0n) is 14.5. The molecule has 0 bridgehead atoms. The summed E-state index contributed by atoms with van der Waals surface area (Å²) in [7, 11) is 2.15. The van der Waals surface area contributed by atoms with Crippen LogP contribution in [-0.4, -0.2) is 34.3 Å². The van der Waals surface area contributed by atoms with Gasteiger partial charge in [-0.05, 0) is 40.7 Å². The molecule has 1 rings (SSSR count). The minimum absolute atomic E-state index is 0.271. The van der Waals surface area contributed by atoms with E-state index in [1.165, 1.54) is 30.7 Å². The highest BCUT2D eigenvalue weighted by Crippen LogP contribution is 2.45. The average molecular weight is 283 g/mol. The van der Waals surface area contributed by atoms with E-state index >= 15 is 0 Å². The maximum Gasteiger partial charge on any atom is 0.102 e. The van der Waals surface area contributed by atoms with Crippen LogP contribution in [0.4, 0.5) is 0 Å². The molecule has 119 valence electrons. The van der Waals surface area contributed by atoms with Crippen LogP contribution in [0, 0.1) is 0 Å². The molecule has 3 nitrogen and oxygen atoms in total. The fourth-order valence-corrected chi connectivity index (χ4v) is 3.68. The standard InChI is InChI=1S/C17H35N2O/c1-7-9-11-13-17(14-12-10-8-2)18(6)15(3)16(4,5)19(17)20/h15H,7-14H2,1-6H3. The minimum atomic E-state index is -0.285. The highest BCUT2D eigenvalue weighted by atomic mass is 16.5. The van der Waals surface area contributed by atoms with Gasteiger partial charge in [-0.15, -0.1) is 10.3 Å². The summed E-state index contributed by atoms with van der Waals surface area (Å²) in [5, 5.41) is 14.5. The molecular weight excluding hydrogens is 248 g/mol. The number of rotatable bonds is 8. The first kappa shape index (κ1) is 17.9. The molecule has 1 heterocycles. The molecule has 1 saturated heterocycles. The highest BCUT2D eigenvalue weighted by molar-refractivity contribution is 5.06. The fourth-order valence-electron chi connectivity index (χ4n) is 3.68. The maximum absolute atomic E-state index is 13.0. The average Bonchev–Trinajstić information content (AvgIpc) is 2.54. The van der Waals surface area contributed by atoms with Crippen LogP contribution in [0.1, 0.15) is 86.0 Å². The summed E-state index contributed by atoms with van der Waals surface area (Å²) in [6.07, 6.45) is 9.23. The third kappa shape index (κ3) is 3.20. The molecule has 0 aromatic carbocycles. The van der Waals surface area contributed by atoms with Gasteiger partial charge in [-0.3, -0.25) is 4.90 Å². The van der Waals surface area contributed by atoms with Crippen LogP contribution in [-0.2, 0) is 5.21 Å². The zero-order valence-corrected chi connectivity index (χ0v) is 14.5. The Morgan fingerprint density at radius 2 is 1.40 bits per heavy atom. The third-order valence-corrected chi connectivity index (χ3v) is 5.52. The molecule has 0 spiro atoms. The first-order valence-electron chi connectivity index (χ1n) is 8.55. The summed E-state index contributed by atoms with van der Waals surface area (Å²) < 4.78 is 0. The summed E-state index contributed by atoms with van der Waals surface area (Å²) in [5.74, 6) is 0. The molecule has 0 amide bonds. The second-order valence-electron chi connectivity index (χ2n) is 7.13. The van der Waals surface area contributed by atoms with Crippen LogP contribution in [0.25, 0.3) is 0 Å². The van der Waals surface area contributed by atoms with Crippen LogP contribution in [0.5, 0.6) is 0 Å². The van der Waals surface area contributed by atoms with Gasteiger partial charge in [-0.1, -0.05) is 52.4 Å². The van der Waals surface area contributed by atoms with Crippen molar-refractivity contribution in [2.45, 2.75) is 103 Å². The molecule has 1 atom stereocenters. The van der Waals surface area contributed by atoms with Crippen molar-refractivity contribution in [3.63, 3.8) is 0 Å². The molecule has 0 aromatic heterocycles. The molecule has 0 aromatic rings. The van der Waals surface area contributed by atoms with E-state index in [4.69, 9.17) is 0 Å². The molecule has 1 aliphatic rings. The van der Waals surface area contributed by atoms with E-state index in [1.807, 2.05) is 0 Å². The lowest BCUT2D eigenvalue weighted by Gasteiger charge is -2.40. The van der Waals surface area contributed by atoms with Gasteiger partial charge in [0.15, 0.2) is 0 Å². The van der Waals surface area contributed by atoms with Crippen molar-refractivity contribution in [2.75, 3.05) is 7.05 Å². The van der Waals surface area contributed by atoms with Crippen LogP contribution in [0.3, 0.4) is 0 Å². The summed E-state index contributed by atoms with van der Waals surface area (Å²) in [5.41, 5.74) is -0.555. The monoisotopic (exact) mass is 283 g/mol. The Morgan fingerprint density at radius 3 is 1.70 bits per heavy atom. The Hall–Kier alpha value is -0.120. The van der Waals surface area contributed by atoms with E-state index in [-0.39, 0.29) is 11.2 Å². The van der Waals surface area contributed by atoms with E-state index in [0.29, 0.717) is 6.04 Å². The van der Waals surface area contributed by atoms with Gasteiger partial charge in [0.1, 0.15) is 5.66 Å². The van der Waals surface area contributed by atoms with E-state index in [1.54, 1.807) is 0 Å². The van der Waals surface area contributed by atoms with E-state index in [0.717, 1.165) is 25.7 Å². The zero-order chi connectivity index (χ0) is 15.4. The van der Waals surface area contributed by atoms with Gasteiger partial charge >= 0.3 is 0 Å². The molecular formula is C17H35N2O. The SMILES string of the molecule is CCCCCC1(CCCCC)N(C)C(C)C(C)(C)N1[O]. The second-order valence-corrected chi connectivity index (χ2v) is 7.13. The molecule has 0 N–H and O–H groups in total. The Balaban J connectivity index is 2.90. The molecule has 1 radical (unpaired) electrons. The summed E-state index contributed by atoms with van der Waals surface area (Å²) in [6.45, 7) is 10.9. The molecule has 0 saturated carbocycles. The Morgan fingerprint density at radius 1 is 0.950 bits per heavy atom. The Kier molecular flexibility index (Phi) is 6.49. The van der Waals surface area contributed by atoms with Gasteiger partial charge in [0.05, 0.1) is 5.54 Å².